The third-order valence-corrected chi connectivity index (χ3v) is 4.34. The minimum absolute atomic E-state index is 0.148. The Morgan fingerprint density at radius 1 is 1.00 bits per heavy atom. The van der Waals surface area contributed by atoms with Crippen molar-refractivity contribution in [2.24, 2.45) is 5.41 Å². The standard InChI is InChI=1S/C23H21NO6/c1-23(2,3)22(28)24-16-10-8-14(9-11-16)18(25)13-29-20(26)17-12-15-6-4-5-7-19(15)30-21(17)27/h4-12H,13H2,1-3H3,(H,24,28). The van der Waals surface area contributed by atoms with Gasteiger partial charge >= 0.3 is 11.6 Å². The summed E-state index contributed by atoms with van der Waals surface area (Å²) < 4.78 is 10.1. The summed E-state index contributed by atoms with van der Waals surface area (Å²) in [6, 6.07) is 14.4. The van der Waals surface area contributed by atoms with Crippen molar-refractivity contribution in [3.05, 3.63) is 76.1 Å². The predicted molar refractivity (Wildman–Crippen MR) is 112 cm³/mol. The molecule has 1 aromatic heterocycles. The summed E-state index contributed by atoms with van der Waals surface area (Å²) in [4.78, 5) is 48.5. The van der Waals surface area contributed by atoms with Crippen molar-refractivity contribution >= 4 is 34.3 Å². The molecule has 0 aliphatic rings. The molecular formula is C23H21NO6. The Hall–Kier alpha value is -3.74. The number of carbonyl (C=O) groups excluding carboxylic acids is 3. The summed E-state index contributed by atoms with van der Waals surface area (Å²) >= 11 is 0. The van der Waals surface area contributed by atoms with Gasteiger partial charge in [-0.3, -0.25) is 9.59 Å². The number of ether oxygens (including phenoxy) is 1. The van der Waals surface area contributed by atoms with Crippen LogP contribution < -0.4 is 10.9 Å². The fourth-order valence-electron chi connectivity index (χ4n) is 2.55. The molecule has 30 heavy (non-hydrogen) atoms. The van der Waals surface area contributed by atoms with E-state index in [1.807, 2.05) is 0 Å². The van der Waals surface area contributed by atoms with Crippen LogP contribution in [0.3, 0.4) is 0 Å². The maximum absolute atomic E-state index is 12.3. The Labute approximate surface area is 172 Å². The van der Waals surface area contributed by atoms with Gasteiger partial charge in [-0.2, -0.15) is 0 Å². The number of esters is 1. The highest BCUT2D eigenvalue weighted by Gasteiger charge is 2.21. The van der Waals surface area contributed by atoms with Gasteiger partial charge in [-0.05, 0) is 36.4 Å². The zero-order valence-corrected chi connectivity index (χ0v) is 16.9. The Balaban J connectivity index is 1.64. The third kappa shape index (κ3) is 4.81. The molecule has 1 heterocycles. The number of amides is 1. The van der Waals surface area contributed by atoms with Gasteiger partial charge in [-0.1, -0.05) is 39.0 Å². The molecule has 0 bridgehead atoms. The molecule has 0 saturated carbocycles. The van der Waals surface area contributed by atoms with Gasteiger partial charge in [0.15, 0.2) is 12.4 Å². The Kier molecular flexibility index (Phi) is 5.82. The minimum Gasteiger partial charge on any atom is -0.453 e. The maximum Gasteiger partial charge on any atom is 0.351 e. The normalized spacial score (nSPS) is 11.2. The van der Waals surface area contributed by atoms with E-state index < -0.39 is 29.4 Å². The summed E-state index contributed by atoms with van der Waals surface area (Å²) in [6.07, 6.45) is 0. The van der Waals surface area contributed by atoms with Crippen molar-refractivity contribution in [2.45, 2.75) is 20.8 Å². The van der Waals surface area contributed by atoms with Gasteiger partial charge in [0.05, 0.1) is 0 Å². The number of fused-ring (bicyclic) bond motifs is 1. The molecule has 0 aliphatic heterocycles. The van der Waals surface area contributed by atoms with Gasteiger partial charge < -0.3 is 14.5 Å². The fraction of sp³-hybridized carbons (Fsp3) is 0.217. The number of Topliss-reactive ketones (excluding diaryl/α,β-unsaturated/α-hetero) is 1. The van der Waals surface area contributed by atoms with E-state index in [-0.39, 0.29) is 11.5 Å². The summed E-state index contributed by atoms with van der Waals surface area (Å²) in [7, 11) is 0. The first-order chi connectivity index (χ1) is 14.1. The zero-order chi connectivity index (χ0) is 21.9. The van der Waals surface area contributed by atoms with Crippen LogP contribution in [-0.2, 0) is 9.53 Å². The quantitative estimate of drug-likeness (QED) is 0.392. The molecule has 0 fully saturated rings. The number of hydrogen-bond acceptors (Lipinski definition) is 6. The third-order valence-electron chi connectivity index (χ3n) is 4.34. The summed E-state index contributed by atoms with van der Waals surface area (Å²) in [6.45, 7) is 4.86. The number of anilines is 1. The van der Waals surface area contributed by atoms with E-state index in [0.29, 0.717) is 22.2 Å². The molecule has 0 saturated heterocycles. The van der Waals surface area contributed by atoms with Crippen molar-refractivity contribution in [3.8, 4) is 0 Å². The van der Waals surface area contributed by atoms with Crippen LogP contribution in [0.4, 0.5) is 5.69 Å². The average Bonchev–Trinajstić information content (AvgIpc) is 2.71. The number of rotatable bonds is 5. The lowest BCUT2D eigenvalue weighted by molar-refractivity contribution is -0.123. The number of benzene rings is 2. The van der Waals surface area contributed by atoms with Crippen molar-refractivity contribution in [1.29, 1.82) is 0 Å². The minimum atomic E-state index is -0.933. The summed E-state index contributed by atoms with van der Waals surface area (Å²) in [5, 5.41) is 3.33. The Morgan fingerprint density at radius 2 is 1.67 bits per heavy atom. The maximum atomic E-state index is 12.3. The first-order valence-corrected chi connectivity index (χ1v) is 9.30. The van der Waals surface area contributed by atoms with E-state index in [0.717, 1.165) is 0 Å². The van der Waals surface area contributed by atoms with Gasteiger partial charge in [-0.15, -0.1) is 0 Å². The van der Waals surface area contributed by atoms with Gasteiger partial charge in [0, 0.05) is 22.1 Å². The van der Waals surface area contributed by atoms with E-state index in [9.17, 15) is 19.2 Å². The predicted octanol–water partition coefficient (Wildman–Crippen LogP) is 3.82. The molecule has 0 unspecified atom stereocenters. The smallest absolute Gasteiger partial charge is 0.351 e. The highest BCUT2D eigenvalue weighted by molar-refractivity contribution is 6.00. The molecule has 0 atom stereocenters. The molecule has 1 amide bonds. The second kappa shape index (κ2) is 8.32. The SMILES string of the molecule is CC(C)(C)C(=O)Nc1ccc(C(=O)COC(=O)c2cc3ccccc3oc2=O)cc1. The van der Waals surface area contributed by atoms with E-state index in [1.54, 1.807) is 57.2 Å². The van der Waals surface area contributed by atoms with Crippen LogP contribution in [0.1, 0.15) is 41.5 Å². The first-order valence-electron chi connectivity index (χ1n) is 9.30. The van der Waals surface area contributed by atoms with E-state index in [2.05, 4.69) is 5.32 Å². The Bertz CT molecular complexity index is 1170. The van der Waals surface area contributed by atoms with Gasteiger partial charge in [0.2, 0.25) is 5.91 Å². The largest absolute Gasteiger partial charge is 0.453 e. The second-order valence-electron chi connectivity index (χ2n) is 7.77. The molecule has 0 aliphatic carbocycles. The molecule has 7 nitrogen and oxygen atoms in total. The molecule has 7 heteroatoms. The molecule has 3 rings (SSSR count). The number of carbonyl (C=O) groups is 3. The Morgan fingerprint density at radius 3 is 2.33 bits per heavy atom. The molecule has 0 radical (unpaired) electrons. The fourth-order valence-corrected chi connectivity index (χ4v) is 2.55. The van der Waals surface area contributed by atoms with E-state index in [4.69, 9.17) is 9.15 Å². The lowest BCUT2D eigenvalue weighted by atomic mass is 9.95. The monoisotopic (exact) mass is 407 g/mol. The molecule has 0 spiro atoms. The van der Waals surface area contributed by atoms with Crippen LogP contribution in [0.5, 0.6) is 0 Å². The van der Waals surface area contributed by atoms with E-state index >= 15 is 0 Å². The van der Waals surface area contributed by atoms with Gasteiger partial charge in [0.25, 0.3) is 0 Å². The van der Waals surface area contributed by atoms with E-state index in [1.165, 1.54) is 18.2 Å². The number of para-hydroxylation sites is 1. The van der Waals surface area contributed by atoms with Crippen LogP contribution in [0.15, 0.2) is 63.8 Å². The van der Waals surface area contributed by atoms with Crippen LogP contribution in [-0.4, -0.2) is 24.3 Å². The summed E-state index contributed by atoms with van der Waals surface area (Å²) in [5.41, 5.74) is -0.432. The van der Waals surface area contributed by atoms with Crippen LogP contribution >= 0.6 is 0 Å². The van der Waals surface area contributed by atoms with Crippen LogP contribution in [0.2, 0.25) is 0 Å². The first kappa shape index (κ1) is 21.0. The summed E-state index contributed by atoms with van der Waals surface area (Å²) in [5.74, 6) is -1.52. The number of nitrogens with one attached hydrogen (secondary N) is 1. The average molecular weight is 407 g/mol. The molecule has 3 aromatic rings. The number of hydrogen-bond donors (Lipinski definition) is 1. The molecule has 1 N–H and O–H groups in total. The van der Waals surface area contributed by atoms with Gasteiger partial charge in [-0.25, -0.2) is 9.59 Å². The molecule has 154 valence electrons. The lowest BCUT2D eigenvalue weighted by Crippen LogP contribution is -2.27. The van der Waals surface area contributed by atoms with Crippen LogP contribution in [0.25, 0.3) is 11.0 Å². The molecular weight excluding hydrogens is 386 g/mol. The van der Waals surface area contributed by atoms with Gasteiger partial charge in [0.1, 0.15) is 11.1 Å². The number of ketones is 1. The highest BCUT2D eigenvalue weighted by Crippen LogP contribution is 2.18. The lowest BCUT2D eigenvalue weighted by Gasteiger charge is -2.17. The zero-order valence-electron chi connectivity index (χ0n) is 16.9. The second-order valence-corrected chi connectivity index (χ2v) is 7.77. The topological polar surface area (TPSA) is 103 Å². The highest BCUT2D eigenvalue weighted by atomic mass is 16.5. The van der Waals surface area contributed by atoms with Crippen molar-refractivity contribution < 1.29 is 23.5 Å². The van der Waals surface area contributed by atoms with Crippen molar-refractivity contribution in [3.63, 3.8) is 0 Å². The molecule has 2 aromatic carbocycles. The van der Waals surface area contributed by atoms with Crippen molar-refractivity contribution in [1.82, 2.24) is 0 Å². The van der Waals surface area contributed by atoms with Crippen LogP contribution in [0, 0.1) is 5.41 Å². The van der Waals surface area contributed by atoms with Crippen molar-refractivity contribution in [2.75, 3.05) is 11.9 Å².